The molecule has 0 fully saturated rings. The van der Waals surface area contributed by atoms with Crippen molar-refractivity contribution in [2.24, 2.45) is 0 Å². The normalized spacial score (nSPS) is 9.48. The Morgan fingerprint density at radius 3 is 2.04 bits per heavy atom. The lowest BCUT2D eigenvalue weighted by Gasteiger charge is -2.12. The second-order valence-electron chi connectivity index (χ2n) is 5.34. The first kappa shape index (κ1) is 22.8. The summed E-state index contributed by atoms with van der Waals surface area (Å²) in [7, 11) is 4.53. The number of ether oxygens (including phenoxy) is 3. The zero-order valence-corrected chi connectivity index (χ0v) is 16.0. The van der Waals surface area contributed by atoms with E-state index >= 15 is 0 Å². The van der Waals surface area contributed by atoms with Crippen LogP contribution in [0.15, 0.2) is 12.1 Å². The van der Waals surface area contributed by atoms with Crippen LogP contribution in [0.2, 0.25) is 0 Å². The Labute approximate surface area is 152 Å². The van der Waals surface area contributed by atoms with Crippen molar-refractivity contribution in [3.05, 3.63) is 17.7 Å². The Kier molecular flexibility index (Phi) is 12.9. The molecule has 0 aromatic heterocycles. The van der Waals surface area contributed by atoms with Crippen LogP contribution in [0.3, 0.4) is 0 Å². The van der Waals surface area contributed by atoms with Gasteiger partial charge < -0.3 is 19.5 Å². The number of aldehydes is 1. The van der Waals surface area contributed by atoms with Crippen molar-refractivity contribution < 1.29 is 25.2 Å². The van der Waals surface area contributed by atoms with E-state index in [1.165, 1.54) is 33.5 Å². The van der Waals surface area contributed by atoms with E-state index in [4.69, 9.17) is 14.2 Å². The van der Waals surface area contributed by atoms with Crippen molar-refractivity contribution in [2.75, 3.05) is 27.9 Å². The van der Waals surface area contributed by atoms with Crippen molar-refractivity contribution in [3.63, 3.8) is 0 Å². The molecule has 0 unspecified atom stereocenters. The minimum Gasteiger partial charge on any atom is -0.496 e. The Bertz CT molecular complexity index is 496. The molecule has 1 N–H and O–H groups in total. The lowest BCUT2D eigenvalue weighted by atomic mass is 10.2. The summed E-state index contributed by atoms with van der Waals surface area (Å²) in [6, 6.07) is 3.23. The van der Waals surface area contributed by atoms with Crippen molar-refractivity contribution in [3.8, 4) is 17.2 Å². The van der Waals surface area contributed by atoms with E-state index in [9.17, 15) is 9.59 Å². The van der Waals surface area contributed by atoms with Gasteiger partial charge in [0.1, 0.15) is 17.2 Å². The molecule has 0 aliphatic carbocycles. The van der Waals surface area contributed by atoms with Crippen LogP contribution >= 0.6 is 0 Å². The molecule has 1 aromatic rings. The first-order chi connectivity index (χ1) is 12.1. The van der Waals surface area contributed by atoms with E-state index in [2.05, 4.69) is 19.2 Å². The van der Waals surface area contributed by atoms with E-state index in [0.29, 0.717) is 48.5 Å². The Hall–Kier alpha value is -2.24. The van der Waals surface area contributed by atoms with Gasteiger partial charge in [0.05, 0.1) is 26.4 Å². The lowest BCUT2D eigenvalue weighted by Crippen LogP contribution is -2.18. The van der Waals surface area contributed by atoms with Gasteiger partial charge in [-0.15, -0.1) is 0 Å². The highest BCUT2D eigenvalue weighted by molar-refractivity contribution is 5.84. The molecule has 0 aliphatic heterocycles. The number of benzene rings is 1. The fourth-order valence-electron chi connectivity index (χ4n) is 2.02. The molecule has 25 heavy (non-hydrogen) atoms. The molecule has 6 heteroatoms. The molecule has 0 heterocycles. The summed E-state index contributed by atoms with van der Waals surface area (Å²) in [4.78, 5) is 22.1. The van der Waals surface area contributed by atoms with Gasteiger partial charge in [-0.25, -0.2) is 0 Å². The summed E-state index contributed by atoms with van der Waals surface area (Å²) in [6.07, 6.45) is 5.75. The molecule has 0 spiro atoms. The SMILES string of the molecule is CCCCC.CNC(=O)CCCOc1cc(OC)c(C=O)c(OC)c1.[HH]. The number of unbranched alkanes of at least 4 members (excludes halogenated alkanes) is 2. The zero-order valence-electron chi connectivity index (χ0n) is 16.0. The summed E-state index contributed by atoms with van der Waals surface area (Å²) >= 11 is 0. The minimum absolute atomic E-state index is 0. The number of carbonyl (C=O) groups is 2. The van der Waals surface area contributed by atoms with E-state index in [-0.39, 0.29) is 7.33 Å². The standard InChI is InChI=1S/C14H19NO5.C5H12.H2/c1-15-14(17)5-4-6-20-10-7-12(18-2)11(9-16)13(8-10)19-3;1-3-5-4-2;/h7-9H,4-6H2,1-3H3,(H,15,17);3-5H2,1-2H3;1H. The van der Waals surface area contributed by atoms with Crippen LogP contribution < -0.4 is 19.5 Å². The van der Waals surface area contributed by atoms with E-state index in [1.54, 1.807) is 19.2 Å². The van der Waals surface area contributed by atoms with E-state index in [0.717, 1.165) is 0 Å². The maximum absolute atomic E-state index is 11.1. The second-order valence-corrected chi connectivity index (χ2v) is 5.34. The molecular weight excluding hydrogens is 322 g/mol. The molecule has 0 atom stereocenters. The molecule has 0 saturated heterocycles. The zero-order chi connectivity index (χ0) is 19.1. The second kappa shape index (κ2) is 14.1. The number of hydrogen-bond acceptors (Lipinski definition) is 5. The highest BCUT2D eigenvalue weighted by Crippen LogP contribution is 2.32. The number of carbonyl (C=O) groups excluding carboxylic acids is 2. The molecule has 0 saturated carbocycles. The predicted molar refractivity (Wildman–Crippen MR) is 101 cm³/mol. The van der Waals surface area contributed by atoms with Gasteiger partial charge in [0.2, 0.25) is 5.91 Å². The molecule has 0 aliphatic rings. The highest BCUT2D eigenvalue weighted by atomic mass is 16.5. The molecule has 1 amide bonds. The van der Waals surface area contributed by atoms with Crippen LogP contribution in [0.1, 0.15) is 57.7 Å². The van der Waals surface area contributed by atoms with Gasteiger partial charge in [0, 0.05) is 27.0 Å². The molecular formula is C19H33NO5. The average Bonchev–Trinajstić information content (AvgIpc) is 2.65. The van der Waals surface area contributed by atoms with Crippen LogP contribution in [-0.2, 0) is 4.79 Å². The summed E-state index contributed by atoms with van der Waals surface area (Å²) in [5.74, 6) is 1.28. The third-order valence-corrected chi connectivity index (χ3v) is 3.44. The third kappa shape index (κ3) is 8.98. The monoisotopic (exact) mass is 355 g/mol. The van der Waals surface area contributed by atoms with Gasteiger partial charge in [-0.2, -0.15) is 0 Å². The number of nitrogens with one attached hydrogen (secondary N) is 1. The van der Waals surface area contributed by atoms with Crippen molar-refractivity contribution in [1.82, 2.24) is 5.32 Å². The molecule has 0 bridgehead atoms. The van der Waals surface area contributed by atoms with Crippen LogP contribution in [0.25, 0.3) is 0 Å². The first-order valence-corrected chi connectivity index (χ1v) is 8.62. The van der Waals surface area contributed by atoms with Crippen LogP contribution in [0, 0.1) is 0 Å². The van der Waals surface area contributed by atoms with Crippen LogP contribution in [0.5, 0.6) is 17.2 Å². The fraction of sp³-hybridized carbons (Fsp3) is 0.579. The molecule has 0 radical (unpaired) electrons. The number of hydrogen-bond donors (Lipinski definition) is 1. The maximum atomic E-state index is 11.1. The van der Waals surface area contributed by atoms with E-state index in [1.807, 2.05) is 0 Å². The van der Waals surface area contributed by atoms with Crippen LogP contribution in [-0.4, -0.2) is 40.1 Å². The van der Waals surface area contributed by atoms with Crippen LogP contribution in [0.4, 0.5) is 0 Å². The maximum Gasteiger partial charge on any atom is 0.219 e. The molecule has 1 aromatic carbocycles. The summed E-state index contributed by atoms with van der Waals surface area (Å²) in [6.45, 7) is 4.81. The molecule has 144 valence electrons. The first-order valence-electron chi connectivity index (χ1n) is 8.62. The van der Waals surface area contributed by atoms with Crippen molar-refractivity contribution >= 4 is 12.2 Å². The highest BCUT2D eigenvalue weighted by Gasteiger charge is 2.12. The summed E-state index contributed by atoms with van der Waals surface area (Å²) < 4.78 is 15.8. The van der Waals surface area contributed by atoms with Gasteiger partial charge >= 0.3 is 0 Å². The predicted octanol–water partition coefficient (Wildman–Crippen LogP) is 3.86. The Balaban J connectivity index is 0. The summed E-state index contributed by atoms with van der Waals surface area (Å²) in [5, 5.41) is 2.54. The van der Waals surface area contributed by atoms with Gasteiger partial charge in [0.25, 0.3) is 0 Å². The topological polar surface area (TPSA) is 73.9 Å². The quantitative estimate of drug-likeness (QED) is 0.509. The van der Waals surface area contributed by atoms with E-state index < -0.39 is 0 Å². The summed E-state index contributed by atoms with van der Waals surface area (Å²) in [5.41, 5.74) is 0.340. The van der Waals surface area contributed by atoms with Gasteiger partial charge in [-0.3, -0.25) is 9.59 Å². The minimum atomic E-state index is -0.0277. The number of amides is 1. The van der Waals surface area contributed by atoms with Gasteiger partial charge in [0.15, 0.2) is 6.29 Å². The number of rotatable bonds is 10. The van der Waals surface area contributed by atoms with Crippen molar-refractivity contribution in [1.29, 1.82) is 0 Å². The lowest BCUT2D eigenvalue weighted by molar-refractivity contribution is -0.120. The Morgan fingerprint density at radius 2 is 1.68 bits per heavy atom. The largest absolute Gasteiger partial charge is 0.496 e. The average molecular weight is 355 g/mol. The third-order valence-electron chi connectivity index (χ3n) is 3.44. The van der Waals surface area contributed by atoms with Crippen molar-refractivity contribution in [2.45, 2.75) is 46.0 Å². The molecule has 1 rings (SSSR count). The molecule has 6 nitrogen and oxygen atoms in total. The Morgan fingerprint density at radius 1 is 1.12 bits per heavy atom. The smallest absolute Gasteiger partial charge is 0.219 e. The van der Waals surface area contributed by atoms with Gasteiger partial charge in [-0.05, 0) is 6.42 Å². The fourth-order valence-corrected chi connectivity index (χ4v) is 2.02. The van der Waals surface area contributed by atoms with Gasteiger partial charge in [-0.1, -0.05) is 33.1 Å². The number of methoxy groups -OCH3 is 2.